The monoisotopic (exact) mass is 314 g/mol. The zero-order valence-electron chi connectivity index (χ0n) is 12.4. The van der Waals surface area contributed by atoms with Crippen LogP contribution in [-0.2, 0) is 0 Å². The van der Waals surface area contributed by atoms with Crippen molar-refractivity contribution in [1.82, 2.24) is 19.7 Å². The van der Waals surface area contributed by atoms with Gasteiger partial charge in [-0.15, -0.1) is 5.10 Å². The first-order chi connectivity index (χ1) is 10.5. The van der Waals surface area contributed by atoms with Crippen LogP contribution in [0.4, 0.5) is 0 Å². The average molecular weight is 315 g/mol. The molecule has 0 aliphatic heterocycles. The van der Waals surface area contributed by atoms with Crippen LogP contribution < -0.4 is 5.56 Å². The van der Waals surface area contributed by atoms with E-state index in [-0.39, 0.29) is 10.8 Å². The third kappa shape index (κ3) is 2.13. The van der Waals surface area contributed by atoms with Gasteiger partial charge in [-0.2, -0.15) is 4.98 Å². The summed E-state index contributed by atoms with van der Waals surface area (Å²) in [5, 5.41) is 4.91. The Bertz CT molecular complexity index is 929. The van der Waals surface area contributed by atoms with E-state index in [4.69, 9.17) is 11.6 Å². The topological polar surface area (TPSA) is 63.6 Å². The number of nitrogens with one attached hydrogen (secondary N) is 1. The molecule has 112 valence electrons. The Morgan fingerprint density at radius 2 is 1.95 bits per heavy atom. The van der Waals surface area contributed by atoms with Crippen LogP contribution in [0.2, 0.25) is 5.28 Å². The van der Waals surface area contributed by atoms with E-state index in [0.717, 1.165) is 16.8 Å². The van der Waals surface area contributed by atoms with Crippen molar-refractivity contribution in [2.24, 2.45) is 0 Å². The van der Waals surface area contributed by atoms with Crippen LogP contribution in [0.1, 0.15) is 35.4 Å². The van der Waals surface area contributed by atoms with E-state index in [1.807, 2.05) is 0 Å². The first-order valence-electron chi connectivity index (χ1n) is 7.29. The maximum atomic E-state index is 11.9. The number of aromatic amines is 1. The van der Waals surface area contributed by atoms with Gasteiger partial charge in [0, 0.05) is 6.20 Å². The molecule has 1 fully saturated rings. The smallest absolute Gasteiger partial charge is 0.262 e. The maximum Gasteiger partial charge on any atom is 0.262 e. The second kappa shape index (κ2) is 4.68. The Labute approximate surface area is 132 Å². The van der Waals surface area contributed by atoms with Gasteiger partial charge < -0.3 is 0 Å². The van der Waals surface area contributed by atoms with E-state index in [9.17, 15) is 4.79 Å². The molecule has 2 aromatic heterocycles. The minimum atomic E-state index is -0.272. The zero-order chi connectivity index (χ0) is 15.4. The molecule has 1 aliphatic carbocycles. The highest BCUT2D eigenvalue weighted by Gasteiger charge is 2.24. The minimum Gasteiger partial charge on any atom is -0.296 e. The maximum absolute atomic E-state index is 11.9. The van der Waals surface area contributed by atoms with E-state index >= 15 is 0 Å². The molecular weight excluding hydrogens is 300 g/mol. The molecule has 22 heavy (non-hydrogen) atoms. The number of fused-ring (bicyclic) bond motifs is 1. The fraction of sp³-hybridized carbons (Fsp3) is 0.312. The lowest BCUT2D eigenvalue weighted by molar-refractivity contribution is 0.870. The highest BCUT2D eigenvalue weighted by atomic mass is 35.5. The molecule has 1 saturated carbocycles. The van der Waals surface area contributed by atoms with E-state index in [1.165, 1.54) is 18.4 Å². The van der Waals surface area contributed by atoms with Gasteiger partial charge in [-0.3, -0.25) is 9.78 Å². The predicted octanol–water partition coefficient (Wildman–Crippen LogP) is 3.26. The van der Waals surface area contributed by atoms with Gasteiger partial charge in [0.25, 0.3) is 5.56 Å². The van der Waals surface area contributed by atoms with Gasteiger partial charge >= 0.3 is 0 Å². The second-order valence-electron chi connectivity index (χ2n) is 5.95. The molecule has 1 aromatic carbocycles. The van der Waals surface area contributed by atoms with Crippen LogP contribution in [-0.4, -0.2) is 19.7 Å². The Kier molecular flexibility index (Phi) is 2.87. The Balaban J connectivity index is 1.91. The summed E-state index contributed by atoms with van der Waals surface area (Å²) in [5.74, 6) is 0.714. The van der Waals surface area contributed by atoms with Crippen molar-refractivity contribution in [2.45, 2.75) is 32.6 Å². The molecule has 0 amide bonds. The van der Waals surface area contributed by atoms with Gasteiger partial charge in [-0.05, 0) is 60.9 Å². The number of nitrogens with zero attached hydrogens (tertiary/aromatic N) is 3. The van der Waals surface area contributed by atoms with E-state index in [1.54, 1.807) is 10.9 Å². The SMILES string of the molecule is Cc1cc(C2CC2)cc(C)c1-n1cc2c(=O)[nH]c(Cl)nc2n1. The van der Waals surface area contributed by atoms with Crippen LogP contribution in [0.5, 0.6) is 0 Å². The van der Waals surface area contributed by atoms with Crippen molar-refractivity contribution < 1.29 is 0 Å². The summed E-state index contributed by atoms with van der Waals surface area (Å²) in [4.78, 5) is 18.5. The molecule has 0 saturated heterocycles. The van der Waals surface area contributed by atoms with Gasteiger partial charge in [0.1, 0.15) is 5.39 Å². The molecule has 0 unspecified atom stereocenters. The van der Waals surface area contributed by atoms with E-state index in [0.29, 0.717) is 17.0 Å². The number of benzene rings is 1. The molecule has 4 rings (SSSR count). The summed E-state index contributed by atoms with van der Waals surface area (Å²) in [6.07, 6.45) is 4.27. The summed E-state index contributed by atoms with van der Waals surface area (Å²) < 4.78 is 1.73. The van der Waals surface area contributed by atoms with Gasteiger partial charge in [-0.1, -0.05) is 12.1 Å². The number of hydrogen-bond donors (Lipinski definition) is 1. The van der Waals surface area contributed by atoms with Crippen molar-refractivity contribution in [3.05, 3.63) is 50.7 Å². The molecule has 1 aliphatic rings. The minimum absolute atomic E-state index is 0.0558. The summed E-state index contributed by atoms with van der Waals surface area (Å²) in [6.45, 7) is 4.15. The Morgan fingerprint density at radius 3 is 2.59 bits per heavy atom. The van der Waals surface area contributed by atoms with Gasteiger partial charge in [-0.25, -0.2) is 4.68 Å². The lowest BCUT2D eigenvalue weighted by Crippen LogP contribution is -2.06. The third-order valence-corrected chi connectivity index (χ3v) is 4.33. The summed E-state index contributed by atoms with van der Waals surface area (Å²) in [7, 11) is 0. The first kappa shape index (κ1) is 13.5. The van der Waals surface area contributed by atoms with Crippen molar-refractivity contribution in [3.63, 3.8) is 0 Å². The molecule has 5 nitrogen and oxygen atoms in total. The number of aromatic nitrogens is 4. The molecule has 0 atom stereocenters. The van der Waals surface area contributed by atoms with E-state index < -0.39 is 0 Å². The lowest BCUT2D eigenvalue weighted by atomic mass is 10.0. The molecule has 2 heterocycles. The van der Waals surface area contributed by atoms with Crippen LogP contribution in [0.3, 0.4) is 0 Å². The van der Waals surface area contributed by atoms with E-state index in [2.05, 4.69) is 41.0 Å². The number of hydrogen-bond acceptors (Lipinski definition) is 3. The average Bonchev–Trinajstić information content (AvgIpc) is 3.19. The molecule has 3 aromatic rings. The predicted molar refractivity (Wildman–Crippen MR) is 85.9 cm³/mol. The van der Waals surface area contributed by atoms with Gasteiger partial charge in [0.2, 0.25) is 5.28 Å². The number of H-pyrrole nitrogens is 1. The quantitative estimate of drug-likeness (QED) is 0.738. The number of halogens is 1. The normalized spacial score (nSPS) is 14.7. The van der Waals surface area contributed by atoms with Crippen LogP contribution in [0.15, 0.2) is 23.1 Å². The fourth-order valence-corrected chi connectivity index (χ4v) is 3.17. The van der Waals surface area contributed by atoms with Crippen LogP contribution in [0, 0.1) is 13.8 Å². The molecule has 6 heteroatoms. The molecule has 0 bridgehead atoms. The summed E-state index contributed by atoms with van der Waals surface area (Å²) in [5.41, 5.74) is 4.78. The largest absolute Gasteiger partial charge is 0.296 e. The highest BCUT2D eigenvalue weighted by molar-refractivity contribution is 6.28. The lowest BCUT2D eigenvalue weighted by Gasteiger charge is -2.12. The fourth-order valence-electron chi connectivity index (χ4n) is 3.01. The van der Waals surface area contributed by atoms with Gasteiger partial charge in [0.15, 0.2) is 5.65 Å². The first-order valence-corrected chi connectivity index (χ1v) is 7.67. The highest BCUT2D eigenvalue weighted by Crippen LogP contribution is 2.41. The van der Waals surface area contributed by atoms with Crippen molar-refractivity contribution in [1.29, 1.82) is 0 Å². The molecule has 0 radical (unpaired) electrons. The Morgan fingerprint density at radius 1 is 1.27 bits per heavy atom. The Hall–Kier alpha value is -2.14. The molecular formula is C16H15ClN4O. The second-order valence-corrected chi connectivity index (χ2v) is 6.30. The van der Waals surface area contributed by atoms with Crippen molar-refractivity contribution in [3.8, 4) is 5.69 Å². The van der Waals surface area contributed by atoms with Crippen LogP contribution in [0.25, 0.3) is 16.7 Å². The van der Waals surface area contributed by atoms with Gasteiger partial charge in [0.05, 0.1) is 5.69 Å². The summed E-state index contributed by atoms with van der Waals surface area (Å²) in [6, 6.07) is 4.44. The number of rotatable bonds is 2. The zero-order valence-corrected chi connectivity index (χ0v) is 13.1. The third-order valence-electron chi connectivity index (χ3n) is 4.15. The number of aryl methyl sites for hydroxylation is 2. The standard InChI is InChI=1S/C16H15ClN4O/c1-8-5-11(10-3-4-10)6-9(2)13(8)21-7-12-14(20-21)18-16(17)19-15(12)22/h5-7,10H,3-4H2,1-2H3,(H,18,19,20,22). The van der Waals surface area contributed by atoms with Crippen molar-refractivity contribution >= 4 is 22.6 Å². The van der Waals surface area contributed by atoms with Crippen LogP contribution >= 0.6 is 11.6 Å². The molecule has 0 spiro atoms. The summed E-state index contributed by atoms with van der Waals surface area (Å²) >= 11 is 5.79. The van der Waals surface area contributed by atoms with Crippen molar-refractivity contribution in [2.75, 3.05) is 0 Å². The molecule has 1 N–H and O–H groups in total.